The summed E-state index contributed by atoms with van der Waals surface area (Å²) < 4.78 is 3.09. The van der Waals surface area contributed by atoms with Crippen LogP contribution in [0.5, 0.6) is 0 Å². The van der Waals surface area contributed by atoms with Crippen molar-refractivity contribution in [1.29, 1.82) is 0 Å². The molecular weight excluding hydrogens is 260 g/mol. The van der Waals surface area contributed by atoms with Crippen molar-refractivity contribution in [2.75, 3.05) is 0 Å². The van der Waals surface area contributed by atoms with Gasteiger partial charge in [-0.3, -0.25) is 14.0 Å². The zero-order valence-corrected chi connectivity index (χ0v) is 11.6. The van der Waals surface area contributed by atoms with E-state index in [1.54, 1.807) is 30.9 Å². The van der Waals surface area contributed by atoms with Crippen LogP contribution in [0.25, 0.3) is 5.69 Å². The molecule has 0 bridgehead atoms. The Morgan fingerprint density at radius 1 is 1.40 bits per heavy atom. The fraction of sp³-hybridized carbons (Fsp3) is 0.385. The van der Waals surface area contributed by atoms with Crippen molar-refractivity contribution < 1.29 is 9.90 Å². The number of carbonyl (C=O) groups is 1. The molecule has 0 amide bonds. The quantitative estimate of drug-likeness (QED) is 0.887. The van der Waals surface area contributed by atoms with Gasteiger partial charge in [0.05, 0.1) is 18.3 Å². The van der Waals surface area contributed by atoms with Crippen molar-refractivity contribution in [3.05, 3.63) is 39.8 Å². The normalized spacial score (nSPS) is 10.8. The summed E-state index contributed by atoms with van der Waals surface area (Å²) >= 11 is 0. The Balaban J connectivity index is 2.63. The van der Waals surface area contributed by atoms with Gasteiger partial charge in [0.15, 0.2) is 0 Å². The molecule has 7 heteroatoms. The predicted octanol–water partition coefficient (Wildman–Crippen LogP) is 0.693. The Labute approximate surface area is 115 Å². The third kappa shape index (κ3) is 2.47. The Morgan fingerprint density at radius 2 is 2.10 bits per heavy atom. The second-order valence-corrected chi connectivity index (χ2v) is 4.50. The number of carboxylic acid groups (broad SMARTS) is 1. The summed E-state index contributed by atoms with van der Waals surface area (Å²) in [5.74, 6) is -0.951. The molecule has 0 radical (unpaired) electrons. The number of aryl methyl sites for hydroxylation is 2. The monoisotopic (exact) mass is 276 g/mol. The van der Waals surface area contributed by atoms with Gasteiger partial charge >= 0.3 is 11.7 Å². The molecule has 0 aromatic carbocycles. The molecular formula is C13H16N4O3. The number of hydrogen-bond donors (Lipinski definition) is 1. The molecule has 0 aliphatic heterocycles. The standard InChI is InChI=1S/C13H16N4O3/c1-4-16-7-10(6-14-16)17-9(3)11(5-12(18)19)8(2)15-13(17)20/h6-7H,4-5H2,1-3H3,(H,18,19). The molecule has 2 aromatic rings. The van der Waals surface area contributed by atoms with E-state index in [0.717, 1.165) is 0 Å². The molecule has 106 valence electrons. The lowest BCUT2D eigenvalue weighted by atomic mass is 10.1. The highest BCUT2D eigenvalue weighted by Crippen LogP contribution is 2.14. The number of nitrogens with zero attached hydrogens (tertiary/aromatic N) is 4. The van der Waals surface area contributed by atoms with Gasteiger partial charge in [0, 0.05) is 29.7 Å². The molecule has 0 aliphatic rings. The molecule has 0 aliphatic carbocycles. The fourth-order valence-electron chi connectivity index (χ4n) is 2.15. The molecule has 0 unspecified atom stereocenters. The molecule has 2 rings (SSSR count). The number of aromatic nitrogens is 4. The number of carboxylic acids is 1. The summed E-state index contributed by atoms with van der Waals surface area (Å²) in [6, 6.07) is 0. The van der Waals surface area contributed by atoms with E-state index in [4.69, 9.17) is 5.11 Å². The predicted molar refractivity (Wildman–Crippen MR) is 72.1 cm³/mol. The lowest BCUT2D eigenvalue weighted by Crippen LogP contribution is -2.27. The zero-order chi connectivity index (χ0) is 14.9. The van der Waals surface area contributed by atoms with Gasteiger partial charge < -0.3 is 5.11 Å². The topological polar surface area (TPSA) is 90.0 Å². The van der Waals surface area contributed by atoms with E-state index in [2.05, 4.69) is 10.1 Å². The average molecular weight is 276 g/mol. The molecule has 0 atom stereocenters. The van der Waals surface area contributed by atoms with Crippen molar-refractivity contribution in [2.24, 2.45) is 0 Å². The Morgan fingerprint density at radius 3 is 2.65 bits per heavy atom. The molecule has 0 saturated carbocycles. The van der Waals surface area contributed by atoms with Crippen LogP contribution in [0.3, 0.4) is 0 Å². The van der Waals surface area contributed by atoms with Gasteiger partial charge in [-0.05, 0) is 20.8 Å². The van der Waals surface area contributed by atoms with Crippen molar-refractivity contribution >= 4 is 5.97 Å². The van der Waals surface area contributed by atoms with Gasteiger partial charge in [-0.2, -0.15) is 10.1 Å². The van der Waals surface area contributed by atoms with Crippen LogP contribution in [0.15, 0.2) is 17.2 Å². The van der Waals surface area contributed by atoms with Crippen LogP contribution in [-0.2, 0) is 17.8 Å². The Kier molecular flexibility index (Phi) is 3.69. The van der Waals surface area contributed by atoms with E-state index in [0.29, 0.717) is 29.2 Å². The summed E-state index contributed by atoms with van der Waals surface area (Å²) in [5.41, 5.74) is 1.76. The van der Waals surface area contributed by atoms with E-state index in [1.807, 2.05) is 6.92 Å². The summed E-state index contributed by atoms with van der Waals surface area (Å²) in [7, 11) is 0. The van der Waals surface area contributed by atoms with Gasteiger partial charge in [0.1, 0.15) is 0 Å². The highest BCUT2D eigenvalue weighted by Gasteiger charge is 2.16. The second kappa shape index (κ2) is 5.28. The molecule has 7 nitrogen and oxygen atoms in total. The first-order valence-electron chi connectivity index (χ1n) is 6.27. The Bertz CT molecular complexity index is 715. The van der Waals surface area contributed by atoms with Crippen LogP contribution in [0.4, 0.5) is 0 Å². The van der Waals surface area contributed by atoms with Crippen LogP contribution >= 0.6 is 0 Å². The molecule has 20 heavy (non-hydrogen) atoms. The summed E-state index contributed by atoms with van der Waals surface area (Å²) in [6.45, 7) is 5.99. The summed E-state index contributed by atoms with van der Waals surface area (Å²) in [5, 5.41) is 13.1. The first-order valence-corrected chi connectivity index (χ1v) is 6.27. The van der Waals surface area contributed by atoms with Gasteiger partial charge in [0.25, 0.3) is 0 Å². The van der Waals surface area contributed by atoms with Crippen LogP contribution in [0.1, 0.15) is 23.9 Å². The van der Waals surface area contributed by atoms with Gasteiger partial charge in [-0.25, -0.2) is 4.79 Å². The van der Waals surface area contributed by atoms with Crippen LogP contribution in [-0.4, -0.2) is 30.4 Å². The molecule has 0 saturated heterocycles. The van der Waals surface area contributed by atoms with Crippen LogP contribution < -0.4 is 5.69 Å². The first kappa shape index (κ1) is 14.0. The van der Waals surface area contributed by atoms with Gasteiger partial charge in [0.2, 0.25) is 0 Å². The molecule has 1 N–H and O–H groups in total. The Hall–Kier alpha value is -2.44. The minimum atomic E-state index is -0.951. The fourth-order valence-corrected chi connectivity index (χ4v) is 2.15. The number of hydrogen-bond acceptors (Lipinski definition) is 4. The van der Waals surface area contributed by atoms with Crippen LogP contribution in [0, 0.1) is 13.8 Å². The maximum absolute atomic E-state index is 12.1. The van der Waals surface area contributed by atoms with Crippen molar-refractivity contribution in [2.45, 2.75) is 33.7 Å². The van der Waals surface area contributed by atoms with E-state index < -0.39 is 11.7 Å². The van der Waals surface area contributed by atoms with Gasteiger partial charge in [-0.15, -0.1) is 0 Å². The molecule has 2 aromatic heterocycles. The highest BCUT2D eigenvalue weighted by atomic mass is 16.4. The summed E-state index contributed by atoms with van der Waals surface area (Å²) in [4.78, 5) is 26.9. The maximum Gasteiger partial charge on any atom is 0.352 e. The molecule has 0 fully saturated rings. The molecule has 2 heterocycles. The van der Waals surface area contributed by atoms with E-state index in [-0.39, 0.29) is 6.42 Å². The minimum Gasteiger partial charge on any atom is -0.481 e. The largest absolute Gasteiger partial charge is 0.481 e. The highest BCUT2D eigenvalue weighted by molar-refractivity contribution is 5.71. The summed E-state index contributed by atoms with van der Waals surface area (Å²) in [6.07, 6.45) is 3.14. The molecule has 0 spiro atoms. The first-order chi connectivity index (χ1) is 9.43. The van der Waals surface area contributed by atoms with E-state index in [1.165, 1.54) is 4.57 Å². The maximum atomic E-state index is 12.1. The third-order valence-corrected chi connectivity index (χ3v) is 3.19. The lowest BCUT2D eigenvalue weighted by molar-refractivity contribution is -0.136. The zero-order valence-electron chi connectivity index (χ0n) is 11.6. The lowest BCUT2D eigenvalue weighted by Gasteiger charge is -2.12. The SMILES string of the molecule is CCn1cc(-n2c(C)c(CC(=O)O)c(C)nc2=O)cn1. The van der Waals surface area contributed by atoms with E-state index in [9.17, 15) is 9.59 Å². The van der Waals surface area contributed by atoms with Crippen molar-refractivity contribution in [3.8, 4) is 5.69 Å². The minimum absolute atomic E-state index is 0.160. The number of aliphatic carboxylic acids is 1. The number of rotatable bonds is 4. The third-order valence-electron chi connectivity index (χ3n) is 3.19. The van der Waals surface area contributed by atoms with Gasteiger partial charge in [-0.1, -0.05) is 0 Å². The van der Waals surface area contributed by atoms with Crippen LogP contribution in [0.2, 0.25) is 0 Å². The van der Waals surface area contributed by atoms with Crippen molar-refractivity contribution in [1.82, 2.24) is 19.3 Å². The van der Waals surface area contributed by atoms with E-state index >= 15 is 0 Å². The average Bonchev–Trinajstić information content (AvgIpc) is 2.82. The van der Waals surface area contributed by atoms with Crippen molar-refractivity contribution in [3.63, 3.8) is 0 Å². The smallest absolute Gasteiger partial charge is 0.352 e. The second-order valence-electron chi connectivity index (χ2n) is 4.50.